The lowest BCUT2D eigenvalue weighted by Crippen LogP contribution is -2.54. The Balaban J connectivity index is 2.17. The van der Waals surface area contributed by atoms with Crippen molar-refractivity contribution in [2.75, 3.05) is 18.1 Å². The summed E-state index contributed by atoms with van der Waals surface area (Å²) in [5.74, 6) is 1.28. The van der Waals surface area contributed by atoms with Crippen LogP contribution in [0.5, 0.6) is 0 Å². The first kappa shape index (κ1) is 15.5. The molecule has 0 aliphatic carbocycles. The van der Waals surface area contributed by atoms with Crippen LogP contribution in [0.4, 0.5) is 0 Å². The summed E-state index contributed by atoms with van der Waals surface area (Å²) < 4.78 is 11.5. The molecule has 2 rings (SSSR count). The Labute approximate surface area is 122 Å². The quantitative estimate of drug-likeness (QED) is 0.773. The zero-order valence-corrected chi connectivity index (χ0v) is 13.3. The second-order valence-electron chi connectivity index (χ2n) is 6.73. The van der Waals surface area contributed by atoms with Crippen LogP contribution in [-0.2, 0) is 20.4 Å². The lowest BCUT2D eigenvalue weighted by atomic mass is 9.85. The predicted molar refractivity (Wildman–Crippen MR) is 78.6 cm³/mol. The highest BCUT2D eigenvalue weighted by Crippen LogP contribution is 2.26. The molecular weight excluding hydrogens is 276 g/mol. The topological polar surface area (TPSA) is 66.5 Å². The van der Waals surface area contributed by atoms with Crippen molar-refractivity contribution in [3.05, 3.63) is 0 Å². The molecular formula is C14H24N2O3S. The molecule has 0 aromatic carbocycles. The first-order valence-electron chi connectivity index (χ1n) is 7.24. The van der Waals surface area contributed by atoms with Gasteiger partial charge in [-0.15, -0.1) is 0 Å². The van der Waals surface area contributed by atoms with Gasteiger partial charge in [-0.05, 0) is 18.3 Å². The molecule has 0 spiro atoms. The average molecular weight is 300 g/mol. The molecule has 1 unspecified atom stereocenters. The summed E-state index contributed by atoms with van der Waals surface area (Å²) in [6, 6.07) is -0.331. The molecule has 1 atom stereocenters. The van der Waals surface area contributed by atoms with Gasteiger partial charge in [0.1, 0.15) is 6.04 Å². The van der Waals surface area contributed by atoms with Crippen molar-refractivity contribution in [1.82, 2.24) is 10.2 Å². The van der Waals surface area contributed by atoms with Crippen molar-refractivity contribution in [2.24, 2.45) is 5.41 Å². The van der Waals surface area contributed by atoms with Crippen LogP contribution in [-0.4, -0.2) is 51.1 Å². The summed E-state index contributed by atoms with van der Waals surface area (Å²) in [7, 11) is -0.734. The first-order chi connectivity index (χ1) is 9.29. The van der Waals surface area contributed by atoms with Crippen molar-refractivity contribution in [3.63, 3.8) is 0 Å². The standard InChI is InChI=1S/C14H24N2O3S/c1-14(2,3)12-13(18)16(7-4-11(17)15-12)10-5-8-20(19)9-6-10/h10,12H,4-9H2,1-3H3,(H,15,17). The minimum Gasteiger partial charge on any atom is -0.344 e. The van der Waals surface area contributed by atoms with Crippen LogP contribution >= 0.6 is 0 Å². The molecule has 114 valence electrons. The van der Waals surface area contributed by atoms with Crippen LogP contribution in [0.25, 0.3) is 0 Å². The largest absolute Gasteiger partial charge is 0.344 e. The zero-order valence-electron chi connectivity index (χ0n) is 12.5. The third kappa shape index (κ3) is 3.40. The van der Waals surface area contributed by atoms with Crippen LogP contribution < -0.4 is 5.32 Å². The van der Waals surface area contributed by atoms with E-state index in [0.29, 0.717) is 24.5 Å². The fourth-order valence-corrected chi connectivity index (χ4v) is 4.11. The Hall–Kier alpha value is -0.910. The maximum Gasteiger partial charge on any atom is 0.245 e. The molecule has 2 aliphatic rings. The molecule has 2 fully saturated rings. The van der Waals surface area contributed by atoms with E-state index in [1.807, 2.05) is 25.7 Å². The van der Waals surface area contributed by atoms with E-state index >= 15 is 0 Å². The zero-order chi connectivity index (χ0) is 14.9. The maximum absolute atomic E-state index is 12.8. The summed E-state index contributed by atoms with van der Waals surface area (Å²) in [6.45, 7) is 6.38. The molecule has 20 heavy (non-hydrogen) atoms. The van der Waals surface area contributed by atoms with Crippen LogP contribution in [0.1, 0.15) is 40.0 Å². The summed E-state index contributed by atoms with van der Waals surface area (Å²) in [6.07, 6.45) is 1.92. The van der Waals surface area contributed by atoms with E-state index in [9.17, 15) is 13.8 Å². The van der Waals surface area contributed by atoms with Crippen molar-refractivity contribution in [1.29, 1.82) is 0 Å². The number of nitrogens with zero attached hydrogens (tertiary/aromatic N) is 1. The third-order valence-electron chi connectivity index (χ3n) is 4.08. The number of hydrogen-bond donors (Lipinski definition) is 1. The first-order valence-corrected chi connectivity index (χ1v) is 8.72. The Bertz CT molecular complexity index is 421. The van der Waals surface area contributed by atoms with Gasteiger partial charge >= 0.3 is 0 Å². The monoisotopic (exact) mass is 300 g/mol. The number of amides is 2. The number of nitrogens with one attached hydrogen (secondary N) is 1. The van der Waals surface area contributed by atoms with E-state index in [0.717, 1.165) is 12.8 Å². The molecule has 2 amide bonds. The van der Waals surface area contributed by atoms with Crippen molar-refractivity contribution < 1.29 is 13.8 Å². The average Bonchev–Trinajstić information content (AvgIpc) is 2.50. The highest BCUT2D eigenvalue weighted by molar-refractivity contribution is 7.85. The Morgan fingerprint density at radius 3 is 2.35 bits per heavy atom. The summed E-state index contributed by atoms with van der Waals surface area (Å²) in [4.78, 5) is 26.4. The second kappa shape index (κ2) is 5.84. The minimum atomic E-state index is -0.734. The molecule has 0 radical (unpaired) electrons. The molecule has 2 saturated heterocycles. The number of carbonyl (C=O) groups excluding carboxylic acids is 2. The van der Waals surface area contributed by atoms with Crippen LogP contribution in [0.15, 0.2) is 0 Å². The number of carbonyl (C=O) groups is 2. The molecule has 6 heteroatoms. The van der Waals surface area contributed by atoms with Gasteiger partial charge in [-0.1, -0.05) is 20.8 Å². The number of hydrogen-bond acceptors (Lipinski definition) is 3. The van der Waals surface area contributed by atoms with Gasteiger partial charge < -0.3 is 10.2 Å². The predicted octanol–water partition coefficient (Wildman–Crippen LogP) is 0.661. The Kier molecular flexibility index (Phi) is 4.52. The van der Waals surface area contributed by atoms with E-state index < -0.39 is 16.8 Å². The molecule has 1 N–H and O–H groups in total. The molecule has 0 aromatic rings. The normalized spacial score (nSPS) is 32.8. The molecule has 0 bridgehead atoms. The van der Waals surface area contributed by atoms with Gasteiger partial charge in [0.05, 0.1) is 0 Å². The van der Waals surface area contributed by atoms with Gasteiger partial charge in [-0.2, -0.15) is 0 Å². The van der Waals surface area contributed by atoms with Crippen LogP contribution in [0.2, 0.25) is 0 Å². The Morgan fingerprint density at radius 1 is 1.20 bits per heavy atom. The SMILES string of the molecule is CC(C)(C)C1NC(=O)CCN(C2CCS(=O)CC2)C1=O. The van der Waals surface area contributed by atoms with Crippen LogP contribution in [0, 0.1) is 5.41 Å². The smallest absolute Gasteiger partial charge is 0.245 e. The fraction of sp³-hybridized carbons (Fsp3) is 0.857. The fourth-order valence-electron chi connectivity index (χ4n) is 2.84. The van der Waals surface area contributed by atoms with Gasteiger partial charge in [-0.3, -0.25) is 13.8 Å². The van der Waals surface area contributed by atoms with E-state index in [1.54, 1.807) is 0 Å². The molecule has 0 aromatic heterocycles. The second-order valence-corrected chi connectivity index (χ2v) is 8.42. The molecule has 5 nitrogen and oxygen atoms in total. The van der Waals surface area contributed by atoms with Gasteiger partial charge in [0.25, 0.3) is 0 Å². The molecule has 2 heterocycles. The van der Waals surface area contributed by atoms with Crippen molar-refractivity contribution in [2.45, 2.75) is 52.1 Å². The lowest BCUT2D eigenvalue weighted by Gasteiger charge is -2.37. The van der Waals surface area contributed by atoms with E-state index in [-0.39, 0.29) is 23.3 Å². The maximum atomic E-state index is 12.8. The van der Waals surface area contributed by atoms with E-state index in [4.69, 9.17) is 0 Å². The van der Waals surface area contributed by atoms with Gasteiger partial charge in [0.15, 0.2) is 0 Å². The van der Waals surface area contributed by atoms with Crippen LogP contribution in [0.3, 0.4) is 0 Å². The molecule has 2 aliphatic heterocycles. The van der Waals surface area contributed by atoms with E-state index in [1.165, 1.54) is 0 Å². The Morgan fingerprint density at radius 2 is 1.80 bits per heavy atom. The highest BCUT2D eigenvalue weighted by atomic mass is 32.2. The lowest BCUT2D eigenvalue weighted by molar-refractivity contribution is -0.138. The van der Waals surface area contributed by atoms with Crippen molar-refractivity contribution in [3.8, 4) is 0 Å². The third-order valence-corrected chi connectivity index (χ3v) is 5.46. The summed E-state index contributed by atoms with van der Waals surface area (Å²) in [5.41, 5.74) is -0.299. The van der Waals surface area contributed by atoms with Gasteiger partial charge in [-0.25, -0.2) is 0 Å². The van der Waals surface area contributed by atoms with Gasteiger partial charge in [0.2, 0.25) is 11.8 Å². The minimum absolute atomic E-state index is 0.0148. The van der Waals surface area contributed by atoms with Crippen molar-refractivity contribution >= 4 is 22.6 Å². The van der Waals surface area contributed by atoms with E-state index in [2.05, 4.69) is 5.32 Å². The van der Waals surface area contributed by atoms with Gasteiger partial charge in [0, 0.05) is 41.3 Å². The summed E-state index contributed by atoms with van der Waals surface area (Å²) >= 11 is 0. The summed E-state index contributed by atoms with van der Waals surface area (Å²) in [5, 5.41) is 2.86. The highest BCUT2D eigenvalue weighted by Gasteiger charge is 2.40. The number of rotatable bonds is 1. The molecule has 0 saturated carbocycles.